The van der Waals surface area contributed by atoms with Crippen molar-refractivity contribution in [3.63, 3.8) is 0 Å². The second kappa shape index (κ2) is 5.52. The molecule has 92 valence electrons. The third kappa shape index (κ3) is 4.30. The molecule has 0 aliphatic heterocycles. The Morgan fingerprint density at radius 3 is 2.35 bits per heavy atom. The molecular formula is C12H11F3O2. The predicted molar refractivity (Wildman–Crippen MR) is 56.3 cm³/mol. The molecule has 1 aromatic rings. The summed E-state index contributed by atoms with van der Waals surface area (Å²) in [7, 11) is 0. The minimum absolute atomic E-state index is 0.121. The molecule has 0 amide bonds. The summed E-state index contributed by atoms with van der Waals surface area (Å²) in [4.78, 5) is 10.7. The van der Waals surface area contributed by atoms with E-state index in [0.29, 0.717) is 12.0 Å². The number of hydrogen-bond donors (Lipinski definition) is 0. The fourth-order valence-corrected chi connectivity index (χ4v) is 1.19. The molecule has 2 nitrogen and oxygen atoms in total. The first-order valence-electron chi connectivity index (χ1n) is 4.89. The van der Waals surface area contributed by atoms with Crippen molar-refractivity contribution < 1.29 is 22.7 Å². The van der Waals surface area contributed by atoms with E-state index in [0.717, 1.165) is 18.2 Å². The standard InChI is InChI=1S/C12H11F3O2/c1-2-11(16)17-8-7-9-3-5-10(6-4-9)12(13,14)15/h2-6H,1,7-8H2. The summed E-state index contributed by atoms with van der Waals surface area (Å²) in [5, 5.41) is 0. The van der Waals surface area contributed by atoms with Crippen molar-refractivity contribution in [2.45, 2.75) is 12.6 Å². The molecular weight excluding hydrogens is 233 g/mol. The Balaban J connectivity index is 2.52. The molecule has 1 aromatic carbocycles. The highest BCUT2D eigenvalue weighted by molar-refractivity contribution is 5.81. The Kier molecular flexibility index (Phi) is 4.31. The van der Waals surface area contributed by atoms with E-state index in [1.54, 1.807) is 0 Å². The van der Waals surface area contributed by atoms with Crippen LogP contribution in [0.15, 0.2) is 36.9 Å². The number of carbonyl (C=O) groups is 1. The summed E-state index contributed by atoms with van der Waals surface area (Å²) < 4.78 is 41.4. The molecule has 0 heterocycles. The van der Waals surface area contributed by atoms with Gasteiger partial charge < -0.3 is 4.74 Å². The number of alkyl halides is 3. The molecule has 0 N–H and O–H groups in total. The van der Waals surface area contributed by atoms with Crippen molar-refractivity contribution in [3.8, 4) is 0 Å². The van der Waals surface area contributed by atoms with Crippen LogP contribution < -0.4 is 0 Å². The first kappa shape index (κ1) is 13.3. The first-order chi connectivity index (χ1) is 7.93. The van der Waals surface area contributed by atoms with Crippen LogP contribution in [0.3, 0.4) is 0 Å². The van der Waals surface area contributed by atoms with Crippen LogP contribution in [0, 0.1) is 0 Å². The minimum Gasteiger partial charge on any atom is -0.462 e. The van der Waals surface area contributed by atoms with Gasteiger partial charge in [-0.15, -0.1) is 0 Å². The maximum Gasteiger partial charge on any atom is 0.416 e. The second-order valence-electron chi connectivity index (χ2n) is 3.32. The van der Waals surface area contributed by atoms with Gasteiger partial charge in [0.25, 0.3) is 0 Å². The predicted octanol–water partition coefficient (Wildman–Crippen LogP) is 2.98. The van der Waals surface area contributed by atoms with E-state index < -0.39 is 17.7 Å². The van der Waals surface area contributed by atoms with Crippen LogP contribution in [0.2, 0.25) is 0 Å². The summed E-state index contributed by atoms with van der Waals surface area (Å²) in [5.41, 5.74) is -0.0146. The van der Waals surface area contributed by atoms with Gasteiger partial charge in [-0.05, 0) is 17.7 Å². The molecule has 17 heavy (non-hydrogen) atoms. The molecule has 0 spiro atoms. The van der Waals surface area contributed by atoms with Gasteiger partial charge in [-0.3, -0.25) is 0 Å². The lowest BCUT2D eigenvalue weighted by atomic mass is 10.1. The molecule has 0 aliphatic carbocycles. The Morgan fingerprint density at radius 1 is 1.29 bits per heavy atom. The average Bonchev–Trinajstić information content (AvgIpc) is 2.28. The largest absolute Gasteiger partial charge is 0.462 e. The monoisotopic (exact) mass is 244 g/mol. The fourth-order valence-electron chi connectivity index (χ4n) is 1.19. The zero-order chi connectivity index (χ0) is 12.9. The SMILES string of the molecule is C=CC(=O)OCCc1ccc(C(F)(F)F)cc1. The van der Waals surface area contributed by atoms with Crippen LogP contribution in [0.4, 0.5) is 13.2 Å². The maximum absolute atomic E-state index is 12.2. The van der Waals surface area contributed by atoms with E-state index in [9.17, 15) is 18.0 Å². The average molecular weight is 244 g/mol. The zero-order valence-corrected chi connectivity index (χ0v) is 8.96. The third-order valence-corrected chi connectivity index (χ3v) is 2.08. The number of esters is 1. The quantitative estimate of drug-likeness (QED) is 0.601. The Labute approximate surface area is 96.7 Å². The van der Waals surface area contributed by atoms with E-state index in [1.165, 1.54) is 12.1 Å². The lowest BCUT2D eigenvalue weighted by Crippen LogP contribution is -2.06. The summed E-state index contributed by atoms with van der Waals surface area (Å²) in [6, 6.07) is 4.74. The van der Waals surface area contributed by atoms with Gasteiger partial charge in [0.05, 0.1) is 12.2 Å². The minimum atomic E-state index is -4.33. The molecule has 0 unspecified atom stereocenters. The van der Waals surface area contributed by atoms with Gasteiger partial charge in [0.15, 0.2) is 0 Å². The lowest BCUT2D eigenvalue weighted by molar-refractivity contribution is -0.138. The number of carbonyl (C=O) groups excluding carboxylic acids is 1. The Morgan fingerprint density at radius 2 is 1.88 bits per heavy atom. The molecule has 1 rings (SSSR count). The molecule has 0 fully saturated rings. The van der Waals surface area contributed by atoms with Crippen LogP contribution in [-0.2, 0) is 22.1 Å². The van der Waals surface area contributed by atoms with Crippen LogP contribution in [0.1, 0.15) is 11.1 Å². The van der Waals surface area contributed by atoms with Crippen molar-refractivity contribution in [1.82, 2.24) is 0 Å². The number of benzene rings is 1. The highest BCUT2D eigenvalue weighted by Gasteiger charge is 2.29. The Hall–Kier alpha value is -1.78. The summed E-state index contributed by atoms with van der Waals surface area (Å²) in [5.74, 6) is -0.545. The maximum atomic E-state index is 12.2. The second-order valence-corrected chi connectivity index (χ2v) is 3.32. The van der Waals surface area contributed by atoms with Crippen molar-refractivity contribution in [1.29, 1.82) is 0 Å². The van der Waals surface area contributed by atoms with E-state index in [1.807, 2.05) is 0 Å². The van der Waals surface area contributed by atoms with E-state index in [2.05, 4.69) is 6.58 Å². The molecule has 0 aromatic heterocycles. The van der Waals surface area contributed by atoms with Gasteiger partial charge >= 0.3 is 12.1 Å². The van der Waals surface area contributed by atoms with Crippen molar-refractivity contribution in [2.75, 3.05) is 6.61 Å². The third-order valence-electron chi connectivity index (χ3n) is 2.08. The highest BCUT2D eigenvalue weighted by atomic mass is 19.4. The van der Waals surface area contributed by atoms with Crippen molar-refractivity contribution in [3.05, 3.63) is 48.0 Å². The molecule has 0 saturated heterocycles. The number of ether oxygens (including phenoxy) is 1. The summed E-state index contributed by atoms with van der Waals surface area (Å²) in [6.45, 7) is 3.35. The van der Waals surface area contributed by atoms with Gasteiger partial charge in [0, 0.05) is 12.5 Å². The van der Waals surface area contributed by atoms with Crippen LogP contribution in [-0.4, -0.2) is 12.6 Å². The normalized spacial score (nSPS) is 11.0. The number of rotatable bonds is 4. The van der Waals surface area contributed by atoms with Gasteiger partial charge in [0.1, 0.15) is 0 Å². The van der Waals surface area contributed by atoms with Gasteiger partial charge in [-0.25, -0.2) is 4.79 Å². The smallest absolute Gasteiger partial charge is 0.416 e. The molecule has 0 bridgehead atoms. The molecule has 5 heteroatoms. The number of hydrogen-bond acceptors (Lipinski definition) is 2. The lowest BCUT2D eigenvalue weighted by Gasteiger charge is -2.07. The van der Waals surface area contributed by atoms with E-state index >= 15 is 0 Å². The Bertz CT molecular complexity index is 393. The first-order valence-corrected chi connectivity index (χ1v) is 4.89. The van der Waals surface area contributed by atoms with Gasteiger partial charge in [-0.1, -0.05) is 18.7 Å². The van der Waals surface area contributed by atoms with E-state index in [4.69, 9.17) is 4.74 Å². The van der Waals surface area contributed by atoms with Crippen molar-refractivity contribution in [2.24, 2.45) is 0 Å². The van der Waals surface area contributed by atoms with Crippen LogP contribution in [0.25, 0.3) is 0 Å². The van der Waals surface area contributed by atoms with E-state index in [-0.39, 0.29) is 6.61 Å². The number of halogens is 3. The van der Waals surface area contributed by atoms with Crippen molar-refractivity contribution >= 4 is 5.97 Å². The van der Waals surface area contributed by atoms with Crippen LogP contribution >= 0.6 is 0 Å². The zero-order valence-electron chi connectivity index (χ0n) is 8.96. The molecule has 0 atom stereocenters. The summed E-state index contributed by atoms with van der Waals surface area (Å²) >= 11 is 0. The molecule has 0 saturated carbocycles. The topological polar surface area (TPSA) is 26.3 Å². The fraction of sp³-hybridized carbons (Fsp3) is 0.250. The van der Waals surface area contributed by atoms with Gasteiger partial charge in [-0.2, -0.15) is 13.2 Å². The molecule has 0 radical (unpaired) electrons. The van der Waals surface area contributed by atoms with Gasteiger partial charge in [0.2, 0.25) is 0 Å². The summed E-state index contributed by atoms with van der Waals surface area (Å²) in [6.07, 6.45) is -2.92. The molecule has 0 aliphatic rings. The van der Waals surface area contributed by atoms with Crippen LogP contribution in [0.5, 0.6) is 0 Å². The highest BCUT2D eigenvalue weighted by Crippen LogP contribution is 2.29.